The predicted molar refractivity (Wildman–Crippen MR) is 114 cm³/mol. The molecule has 0 aromatic heterocycles. The zero-order chi connectivity index (χ0) is 21.4. The largest absolute Gasteiger partial charge is 0.490 e. The number of carbonyl (C=O) groups is 2. The van der Waals surface area contributed by atoms with Crippen molar-refractivity contribution in [1.29, 1.82) is 0 Å². The van der Waals surface area contributed by atoms with E-state index in [1.807, 2.05) is 6.92 Å². The lowest BCUT2D eigenvalue weighted by atomic mass is 10.2. The molecule has 8 nitrogen and oxygen atoms in total. The van der Waals surface area contributed by atoms with E-state index in [2.05, 4.69) is 26.5 Å². The van der Waals surface area contributed by atoms with E-state index in [0.29, 0.717) is 33.8 Å². The quantitative estimate of drug-likeness (QED) is 0.436. The molecule has 0 heterocycles. The predicted octanol–water partition coefficient (Wildman–Crippen LogP) is 3.46. The van der Waals surface area contributed by atoms with E-state index in [1.165, 1.54) is 17.2 Å². The lowest BCUT2D eigenvalue weighted by Crippen LogP contribution is -2.27. The minimum Gasteiger partial charge on any atom is -0.490 e. The average Bonchev–Trinajstić information content (AvgIpc) is 2.67. The van der Waals surface area contributed by atoms with Gasteiger partial charge in [-0.25, -0.2) is 4.79 Å². The van der Waals surface area contributed by atoms with Gasteiger partial charge in [0.2, 0.25) is 0 Å². The Kier molecular flexibility index (Phi) is 8.02. The third-order valence-corrected chi connectivity index (χ3v) is 4.32. The summed E-state index contributed by atoms with van der Waals surface area (Å²) in [7, 11) is 3.30. The van der Waals surface area contributed by atoms with Crippen LogP contribution in [0.1, 0.15) is 22.8 Å². The number of likely N-dealkylation sites (N-methyl/N-ethyl adjacent to an activating group) is 1. The summed E-state index contributed by atoms with van der Waals surface area (Å²) in [6.07, 6.45) is 1.53. The third-order valence-electron chi connectivity index (χ3n) is 3.73. The van der Waals surface area contributed by atoms with Crippen LogP contribution >= 0.6 is 15.9 Å². The summed E-state index contributed by atoms with van der Waals surface area (Å²) in [5, 5.41) is 13.3. The van der Waals surface area contributed by atoms with Crippen LogP contribution < -0.4 is 14.9 Å². The summed E-state index contributed by atoms with van der Waals surface area (Å²) < 4.78 is 11.9. The summed E-state index contributed by atoms with van der Waals surface area (Å²) in [6, 6.07) is 9.95. The topological polar surface area (TPSA) is 100 Å². The number of nitrogens with one attached hydrogen (secondary N) is 1. The number of anilines is 1. The van der Waals surface area contributed by atoms with Crippen molar-refractivity contribution in [3.8, 4) is 11.5 Å². The first-order valence-corrected chi connectivity index (χ1v) is 9.53. The molecule has 0 aliphatic rings. The highest BCUT2D eigenvalue weighted by molar-refractivity contribution is 9.10. The van der Waals surface area contributed by atoms with Crippen molar-refractivity contribution in [2.45, 2.75) is 6.92 Å². The number of halogens is 1. The van der Waals surface area contributed by atoms with Crippen molar-refractivity contribution in [3.05, 3.63) is 52.0 Å². The second-order valence-corrected chi connectivity index (χ2v) is 6.91. The van der Waals surface area contributed by atoms with Gasteiger partial charge in [0, 0.05) is 14.1 Å². The Balaban J connectivity index is 2.20. The fourth-order valence-electron chi connectivity index (χ4n) is 2.27. The van der Waals surface area contributed by atoms with Crippen molar-refractivity contribution < 1.29 is 24.2 Å². The lowest BCUT2D eigenvalue weighted by molar-refractivity contribution is -0.130. The van der Waals surface area contributed by atoms with Crippen molar-refractivity contribution in [1.82, 2.24) is 4.90 Å². The molecular formula is C20H22BrN3O5. The molecule has 2 rings (SSSR count). The number of benzene rings is 2. The summed E-state index contributed by atoms with van der Waals surface area (Å²) in [5.41, 5.74) is 3.92. The number of para-hydroxylation sites is 1. The number of hydrazone groups is 1. The first kappa shape index (κ1) is 22.2. The second kappa shape index (κ2) is 10.5. The number of ether oxygens (including phenoxy) is 2. The van der Waals surface area contributed by atoms with E-state index in [9.17, 15) is 14.7 Å². The first-order valence-electron chi connectivity index (χ1n) is 8.74. The molecule has 154 valence electrons. The minimum atomic E-state index is -1.04. The molecule has 29 heavy (non-hydrogen) atoms. The Morgan fingerprint density at radius 3 is 2.62 bits per heavy atom. The van der Waals surface area contributed by atoms with E-state index in [0.717, 1.165) is 0 Å². The Morgan fingerprint density at radius 1 is 1.24 bits per heavy atom. The van der Waals surface area contributed by atoms with Crippen molar-refractivity contribution in [2.24, 2.45) is 5.10 Å². The van der Waals surface area contributed by atoms with Crippen LogP contribution in [0.5, 0.6) is 11.5 Å². The second-order valence-electron chi connectivity index (χ2n) is 6.06. The Hall–Kier alpha value is -3.07. The normalized spacial score (nSPS) is 10.6. The molecule has 0 radical (unpaired) electrons. The molecular weight excluding hydrogens is 442 g/mol. The molecule has 0 fully saturated rings. The van der Waals surface area contributed by atoms with E-state index in [-0.39, 0.29) is 18.1 Å². The van der Waals surface area contributed by atoms with Gasteiger partial charge in [-0.3, -0.25) is 10.2 Å². The Morgan fingerprint density at radius 2 is 1.97 bits per heavy atom. The number of carbonyl (C=O) groups excluding carboxylic acids is 1. The number of amides is 1. The molecule has 0 spiro atoms. The van der Waals surface area contributed by atoms with Gasteiger partial charge in [-0.15, -0.1) is 0 Å². The Labute approximate surface area is 177 Å². The van der Waals surface area contributed by atoms with Gasteiger partial charge in [-0.05, 0) is 52.7 Å². The maximum Gasteiger partial charge on any atom is 0.337 e. The van der Waals surface area contributed by atoms with Gasteiger partial charge < -0.3 is 19.5 Å². The average molecular weight is 464 g/mol. The van der Waals surface area contributed by atoms with E-state index < -0.39 is 5.97 Å². The molecule has 2 aromatic rings. The molecule has 2 aromatic carbocycles. The summed E-state index contributed by atoms with van der Waals surface area (Å²) in [6.45, 7) is 2.13. The molecule has 0 saturated heterocycles. The van der Waals surface area contributed by atoms with Crippen LogP contribution in [0.2, 0.25) is 0 Å². The number of carboxylic acid groups (broad SMARTS) is 1. The molecule has 2 N–H and O–H groups in total. The molecule has 1 amide bonds. The third kappa shape index (κ3) is 6.21. The standard InChI is InChI=1S/C20H22BrN3O5/c1-4-28-17-10-13(9-15(21)19(17)29-12-18(25)24(2)3)11-22-23-16-8-6-5-7-14(16)20(26)27/h5-11,23H,4,12H2,1-3H3,(H,26,27)/b22-11+. The van der Waals surface area contributed by atoms with Crippen LogP contribution in [-0.2, 0) is 4.79 Å². The highest BCUT2D eigenvalue weighted by atomic mass is 79.9. The number of nitrogens with zero attached hydrogens (tertiary/aromatic N) is 2. The fourth-order valence-corrected chi connectivity index (χ4v) is 2.85. The first-order chi connectivity index (χ1) is 13.8. The molecule has 0 atom stereocenters. The van der Waals surface area contributed by atoms with Crippen LogP contribution in [-0.4, -0.2) is 55.4 Å². The molecule has 0 aliphatic carbocycles. The maximum atomic E-state index is 11.8. The van der Waals surface area contributed by atoms with Gasteiger partial charge in [0.15, 0.2) is 18.1 Å². The van der Waals surface area contributed by atoms with Gasteiger partial charge in [0.25, 0.3) is 5.91 Å². The molecule has 9 heteroatoms. The van der Waals surface area contributed by atoms with Gasteiger partial charge in [-0.2, -0.15) is 5.10 Å². The minimum absolute atomic E-state index is 0.118. The number of hydrogen-bond acceptors (Lipinski definition) is 6. The number of rotatable bonds is 9. The monoisotopic (exact) mass is 463 g/mol. The molecule has 0 bridgehead atoms. The van der Waals surface area contributed by atoms with Gasteiger partial charge >= 0.3 is 5.97 Å². The van der Waals surface area contributed by atoms with E-state index >= 15 is 0 Å². The zero-order valence-corrected chi connectivity index (χ0v) is 17.9. The van der Waals surface area contributed by atoms with Crippen LogP contribution in [0.25, 0.3) is 0 Å². The summed E-state index contributed by atoms with van der Waals surface area (Å²) in [4.78, 5) is 24.5. The Bertz CT molecular complexity index is 915. The summed E-state index contributed by atoms with van der Waals surface area (Å²) >= 11 is 3.43. The molecule has 0 saturated carbocycles. The fraction of sp³-hybridized carbons (Fsp3) is 0.250. The molecule has 0 unspecified atom stereocenters. The zero-order valence-electron chi connectivity index (χ0n) is 16.3. The van der Waals surface area contributed by atoms with E-state index in [1.54, 1.807) is 44.4 Å². The van der Waals surface area contributed by atoms with Crippen molar-refractivity contribution in [3.63, 3.8) is 0 Å². The van der Waals surface area contributed by atoms with Crippen molar-refractivity contribution in [2.75, 3.05) is 32.7 Å². The van der Waals surface area contributed by atoms with Gasteiger partial charge in [0.05, 0.1) is 28.5 Å². The van der Waals surface area contributed by atoms with Gasteiger partial charge in [0.1, 0.15) is 0 Å². The van der Waals surface area contributed by atoms with Crippen LogP contribution in [0.3, 0.4) is 0 Å². The highest BCUT2D eigenvalue weighted by Gasteiger charge is 2.14. The van der Waals surface area contributed by atoms with Crippen LogP contribution in [0, 0.1) is 0 Å². The van der Waals surface area contributed by atoms with Gasteiger partial charge in [-0.1, -0.05) is 12.1 Å². The lowest BCUT2D eigenvalue weighted by Gasteiger charge is -2.16. The van der Waals surface area contributed by atoms with Crippen LogP contribution in [0.4, 0.5) is 5.69 Å². The highest BCUT2D eigenvalue weighted by Crippen LogP contribution is 2.36. The van der Waals surface area contributed by atoms with E-state index in [4.69, 9.17) is 9.47 Å². The number of aromatic carboxylic acids is 1. The van der Waals surface area contributed by atoms with Crippen molar-refractivity contribution >= 4 is 39.7 Å². The maximum absolute atomic E-state index is 11.8. The summed E-state index contributed by atoms with van der Waals surface area (Å²) in [5.74, 6) is -0.339. The SMILES string of the molecule is CCOc1cc(/C=N/Nc2ccccc2C(=O)O)cc(Br)c1OCC(=O)N(C)C. The number of carboxylic acids is 1. The smallest absolute Gasteiger partial charge is 0.337 e. The molecule has 0 aliphatic heterocycles. The number of hydrogen-bond donors (Lipinski definition) is 2. The van der Waals surface area contributed by atoms with Crippen LogP contribution in [0.15, 0.2) is 46.0 Å².